The first kappa shape index (κ1) is 30.5. The number of rotatable bonds is 12. The highest BCUT2D eigenvalue weighted by atomic mass is 35.5. The lowest BCUT2D eigenvalue weighted by Gasteiger charge is -2.32. The average Bonchev–Trinajstić information content (AvgIpc) is 2.84. The van der Waals surface area contributed by atoms with Crippen molar-refractivity contribution < 1.29 is 27.5 Å². The topological polar surface area (TPSA) is 105 Å². The molecular weight excluding hydrogens is 541 g/mol. The quantitative estimate of drug-likeness (QED) is 0.412. The van der Waals surface area contributed by atoms with E-state index in [0.717, 1.165) is 10.6 Å². The zero-order valence-corrected chi connectivity index (χ0v) is 24.1. The molecule has 0 aliphatic rings. The van der Waals surface area contributed by atoms with Crippen molar-refractivity contribution in [1.29, 1.82) is 0 Å². The number of sulfonamides is 1. The second-order valence-corrected chi connectivity index (χ2v) is 11.6. The highest BCUT2D eigenvalue weighted by molar-refractivity contribution is 7.92. The van der Waals surface area contributed by atoms with Crippen molar-refractivity contribution in [3.8, 4) is 11.5 Å². The predicted octanol–water partition coefficient (Wildman–Crippen LogP) is 3.97. The van der Waals surface area contributed by atoms with Gasteiger partial charge < -0.3 is 19.7 Å². The van der Waals surface area contributed by atoms with Gasteiger partial charge in [0, 0.05) is 34.8 Å². The minimum absolute atomic E-state index is 0.111. The monoisotopic (exact) mass is 573 g/mol. The van der Waals surface area contributed by atoms with Crippen molar-refractivity contribution in [2.75, 3.05) is 37.9 Å². The van der Waals surface area contributed by atoms with Crippen LogP contribution in [-0.4, -0.2) is 64.7 Å². The molecule has 0 heterocycles. The second-order valence-electron chi connectivity index (χ2n) is 8.84. The van der Waals surface area contributed by atoms with Gasteiger partial charge in [-0.3, -0.25) is 13.9 Å². The molecule has 2 aromatic rings. The van der Waals surface area contributed by atoms with E-state index in [2.05, 4.69) is 5.32 Å². The number of ether oxygens (including phenoxy) is 2. The molecule has 0 fully saturated rings. The maximum atomic E-state index is 13.7. The summed E-state index contributed by atoms with van der Waals surface area (Å²) in [6.45, 7) is 5.15. The Kier molecular flexibility index (Phi) is 10.9. The summed E-state index contributed by atoms with van der Waals surface area (Å²) in [6, 6.07) is 8.57. The Bertz CT molecular complexity index is 1200. The first-order chi connectivity index (χ1) is 17.3. The van der Waals surface area contributed by atoms with Gasteiger partial charge in [-0.25, -0.2) is 8.42 Å². The molecule has 204 valence electrons. The van der Waals surface area contributed by atoms with Crippen molar-refractivity contribution in [3.63, 3.8) is 0 Å². The van der Waals surface area contributed by atoms with Crippen LogP contribution in [0.15, 0.2) is 36.4 Å². The van der Waals surface area contributed by atoms with Crippen LogP contribution in [0.1, 0.15) is 26.3 Å². The summed E-state index contributed by atoms with van der Waals surface area (Å²) in [5.41, 5.74) is 0.554. The van der Waals surface area contributed by atoms with Gasteiger partial charge in [0.05, 0.1) is 26.2 Å². The first-order valence-electron chi connectivity index (χ1n) is 11.5. The van der Waals surface area contributed by atoms with E-state index in [-0.39, 0.29) is 23.9 Å². The van der Waals surface area contributed by atoms with Gasteiger partial charge in [-0.15, -0.1) is 0 Å². The molecule has 9 nitrogen and oxygen atoms in total. The molecule has 0 unspecified atom stereocenters. The van der Waals surface area contributed by atoms with Gasteiger partial charge in [-0.05, 0) is 37.1 Å². The summed E-state index contributed by atoms with van der Waals surface area (Å²) in [7, 11) is -1.14. The molecule has 0 aromatic heterocycles. The van der Waals surface area contributed by atoms with Crippen molar-refractivity contribution in [2.45, 2.75) is 33.4 Å². The Morgan fingerprint density at radius 1 is 1.03 bits per heavy atom. The summed E-state index contributed by atoms with van der Waals surface area (Å²) in [6.07, 6.45) is 0.979. The minimum atomic E-state index is -3.96. The lowest BCUT2D eigenvalue weighted by molar-refractivity contribution is -0.139. The molecule has 2 amide bonds. The molecule has 0 saturated carbocycles. The third-order valence-electron chi connectivity index (χ3n) is 5.58. The van der Waals surface area contributed by atoms with Gasteiger partial charge in [0.1, 0.15) is 24.1 Å². The number of halogens is 2. The fraction of sp³-hybridized carbons (Fsp3) is 0.440. The zero-order chi connectivity index (χ0) is 27.9. The third kappa shape index (κ3) is 8.15. The molecule has 0 spiro atoms. The van der Waals surface area contributed by atoms with Crippen LogP contribution in [0.2, 0.25) is 10.0 Å². The van der Waals surface area contributed by atoms with Crippen molar-refractivity contribution in [2.24, 2.45) is 5.92 Å². The average molecular weight is 575 g/mol. The van der Waals surface area contributed by atoms with Crippen molar-refractivity contribution in [1.82, 2.24) is 10.2 Å². The minimum Gasteiger partial charge on any atom is -0.497 e. The molecule has 2 aromatic carbocycles. The Hall–Kier alpha value is -2.69. The molecule has 0 aliphatic heterocycles. The predicted molar refractivity (Wildman–Crippen MR) is 146 cm³/mol. The summed E-state index contributed by atoms with van der Waals surface area (Å²) >= 11 is 12.7. The van der Waals surface area contributed by atoms with Crippen LogP contribution < -0.4 is 19.1 Å². The number of amides is 2. The van der Waals surface area contributed by atoms with E-state index >= 15 is 0 Å². The molecule has 1 N–H and O–H groups in total. The lowest BCUT2D eigenvalue weighted by atomic mass is 10.1. The van der Waals surface area contributed by atoms with Gasteiger partial charge in [0.25, 0.3) is 0 Å². The van der Waals surface area contributed by atoms with Crippen LogP contribution >= 0.6 is 23.2 Å². The Morgan fingerprint density at radius 3 is 2.16 bits per heavy atom. The smallest absolute Gasteiger partial charge is 0.244 e. The van der Waals surface area contributed by atoms with Crippen LogP contribution in [0.25, 0.3) is 0 Å². The molecule has 0 bridgehead atoms. The summed E-state index contributed by atoms with van der Waals surface area (Å²) in [5, 5.41) is 3.44. The zero-order valence-electron chi connectivity index (χ0n) is 21.7. The fourth-order valence-electron chi connectivity index (χ4n) is 3.48. The van der Waals surface area contributed by atoms with E-state index in [1.165, 1.54) is 25.2 Å². The van der Waals surface area contributed by atoms with Gasteiger partial charge in [0.15, 0.2) is 0 Å². The van der Waals surface area contributed by atoms with Crippen LogP contribution in [-0.2, 0) is 26.2 Å². The fourth-order valence-corrected chi connectivity index (χ4v) is 4.84. The highest BCUT2D eigenvalue weighted by Gasteiger charge is 2.32. The van der Waals surface area contributed by atoms with Gasteiger partial charge in [-0.2, -0.15) is 0 Å². The number of methoxy groups -OCH3 is 2. The standard InChI is InChI=1S/C25H33Cl2N3O6S/c1-16(2)13-28-25(32)17(3)29(14-19-20(26)8-7-9-21(19)27)24(31)15-30(37(6,33)34)22-12-18(35-4)10-11-23(22)36-5/h7-12,16-17H,13-15H2,1-6H3,(H,28,32)/t17-/m0/s1. The van der Waals surface area contributed by atoms with E-state index in [1.807, 2.05) is 13.8 Å². The van der Waals surface area contributed by atoms with Gasteiger partial charge in [0.2, 0.25) is 21.8 Å². The van der Waals surface area contributed by atoms with Crippen LogP contribution in [0, 0.1) is 5.92 Å². The van der Waals surface area contributed by atoms with Crippen molar-refractivity contribution >= 4 is 50.7 Å². The van der Waals surface area contributed by atoms with E-state index in [0.29, 0.717) is 27.9 Å². The number of nitrogens with zero attached hydrogens (tertiary/aromatic N) is 2. The number of carbonyl (C=O) groups is 2. The lowest BCUT2D eigenvalue weighted by Crippen LogP contribution is -2.51. The second kappa shape index (κ2) is 13.2. The Balaban J connectivity index is 2.52. The van der Waals surface area contributed by atoms with Crippen LogP contribution in [0.5, 0.6) is 11.5 Å². The maximum absolute atomic E-state index is 13.7. The summed E-state index contributed by atoms with van der Waals surface area (Å²) in [5.74, 6) is -0.242. The maximum Gasteiger partial charge on any atom is 0.244 e. The van der Waals surface area contributed by atoms with Crippen molar-refractivity contribution in [3.05, 3.63) is 52.0 Å². The van der Waals surface area contributed by atoms with E-state index in [9.17, 15) is 18.0 Å². The molecule has 0 radical (unpaired) electrons. The molecule has 12 heteroatoms. The Morgan fingerprint density at radius 2 is 1.65 bits per heavy atom. The molecule has 2 rings (SSSR count). The number of nitrogens with one attached hydrogen (secondary N) is 1. The van der Waals surface area contributed by atoms with Crippen LogP contribution in [0.3, 0.4) is 0 Å². The number of carbonyl (C=O) groups excluding carboxylic acids is 2. The van der Waals surface area contributed by atoms with Gasteiger partial charge >= 0.3 is 0 Å². The molecule has 1 atom stereocenters. The van der Waals surface area contributed by atoms with E-state index in [4.69, 9.17) is 32.7 Å². The Labute approximate surface area is 228 Å². The number of anilines is 1. The molecule has 0 saturated heterocycles. The molecule has 0 aliphatic carbocycles. The first-order valence-corrected chi connectivity index (χ1v) is 14.1. The SMILES string of the molecule is COc1ccc(OC)c(N(CC(=O)N(Cc2c(Cl)cccc2Cl)[C@@H](C)C(=O)NCC(C)C)S(C)(=O)=O)c1. The number of hydrogen-bond acceptors (Lipinski definition) is 6. The largest absolute Gasteiger partial charge is 0.497 e. The van der Waals surface area contributed by atoms with E-state index < -0.39 is 34.4 Å². The molecular formula is C25H33Cl2N3O6S. The summed E-state index contributed by atoms with van der Waals surface area (Å²) < 4.78 is 37.2. The molecule has 37 heavy (non-hydrogen) atoms. The summed E-state index contributed by atoms with van der Waals surface area (Å²) in [4.78, 5) is 27.9. The van der Waals surface area contributed by atoms with E-state index in [1.54, 1.807) is 37.3 Å². The highest BCUT2D eigenvalue weighted by Crippen LogP contribution is 2.34. The number of hydrogen-bond donors (Lipinski definition) is 1. The number of benzene rings is 2. The van der Waals surface area contributed by atoms with Gasteiger partial charge in [-0.1, -0.05) is 43.1 Å². The normalized spacial score (nSPS) is 12.1. The third-order valence-corrected chi connectivity index (χ3v) is 7.41. The van der Waals surface area contributed by atoms with Crippen LogP contribution in [0.4, 0.5) is 5.69 Å².